The van der Waals surface area contributed by atoms with E-state index in [0.29, 0.717) is 12.4 Å². The van der Waals surface area contributed by atoms with Crippen molar-refractivity contribution in [2.75, 3.05) is 0 Å². The van der Waals surface area contributed by atoms with Crippen molar-refractivity contribution in [1.82, 2.24) is 20.0 Å². The van der Waals surface area contributed by atoms with Crippen molar-refractivity contribution in [3.05, 3.63) is 36.3 Å². The summed E-state index contributed by atoms with van der Waals surface area (Å²) >= 11 is 0. The van der Waals surface area contributed by atoms with Crippen LogP contribution in [-0.2, 0) is 6.54 Å². The largest absolute Gasteiger partial charge is 0.325 e. The van der Waals surface area contributed by atoms with Crippen LogP contribution in [0.4, 0.5) is 0 Å². The number of hydrogen-bond donors (Lipinski definition) is 1. The number of aromatic nitrogens is 4. The predicted molar refractivity (Wildman–Crippen MR) is 47.0 cm³/mol. The van der Waals surface area contributed by atoms with Crippen molar-refractivity contribution in [2.24, 2.45) is 5.73 Å². The van der Waals surface area contributed by atoms with Crippen LogP contribution in [0.5, 0.6) is 0 Å². The zero-order valence-electron chi connectivity index (χ0n) is 6.96. The second-order valence-electron chi connectivity index (χ2n) is 2.54. The monoisotopic (exact) mass is 175 g/mol. The van der Waals surface area contributed by atoms with Gasteiger partial charge in [0.25, 0.3) is 0 Å². The van der Waals surface area contributed by atoms with Crippen molar-refractivity contribution in [3.63, 3.8) is 0 Å². The van der Waals surface area contributed by atoms with Gasteiger partial charge in [-0.2, -0.15) is 10.2 Å². The standard InChI is InChI=1S/C8H9N5/c9-6-7-2-3-8(12-11-7)13-5-1-4-10-13/h1-5H,6,9H2. The van der Waals surface area contributed by atoms with Crippen LogP contribution in [0.2, 0.25) is 0 Å². The highest BCUT2D eigenvalue weighted by Gasteiger charge is 1.97. The minimum atomic E-state index is 0.409. The van der Waals surface area contributed by atoms with Gasteiger partial charge in [0.2, 0.25) is 0 Å². The SMILES string of the molecule is NCc1ccc(-n2cccn2)nn1. The predicted octanol–water partition coefficient (Wildman–Crippen LogP) is 0.121. The minimum Gasteiger partial charge on any atom is -0.325 e. The minimum absolute atomic E-state index is 0.409. The molecule has 0 aromatic carbocycles. The number of hydrogen-bond acceptors (Lipinski definition) is 4. The quantitative estimate of drug-likeness (QED) is 0.703. The molecule has 0 saturated heterocycles. The lowest BCUT2D eigenvalue weighted by Crippen LogP contribution is -2.04. The molecule has 13 heavy (non-hydrogen) atoms. The van der Waals surface area contributed by atoms with E-state index in [4.69, 9.17) is 5.73 Å². The zero-order valence-corrected chi connectivity index (χ0v) is 6.96. The lowest BCUT2D eigenvalue weighted by molar-refractivity contribution is 0.793. The van der Waals surface area contributed by atoms with Crippen molar-refractivity contribution < 1.29 is 0 Å². The molecule has 0 unspecified atom stereocenters. The van der Waals surface area contributed by atoms with E-state index in [2.05, 4.69) is 15.3 Å². The molecule has 2 N–H and O–H groups in total. The van der Waals surface area contributed by atoms with Crippen LogP contribution in [-0.4, -0.2) is 20.0 Å². The van der Waals surface area contributed by atoms with Crippen LogP contribution in [0, 0.1) is 0 Å². The first-order chi connectivity index (χ1) is 6.40. The van der Waals surface area contributed by atoms with Crippen molar-refractivity contribution >= 4 is 0 Å². The van der Waals surface area contributed by atoms with Crippen LogP contribution in [0.3, 0.4) is 0 Å². The van der Waals surface area contributed by atoms with Crippen LogP contribution >= 0.6 is 0 Å². The van der Waals surface area contributed by atoms with Crippen molar-refractivity contribution in [1.29, 1.82) is 0 Å². The molecule has 5 nitrogen and oxygen atoms in total. The summed E-state index contributed by atoms with van der Waals surface area (Å²) in [4.78, 5) is 0. The van der Waals surface area contributed by atoms with Crippen LogP contribution in [0.1, 0.15) is 5.69 Å². The normalized spacial score (nSPS) is 10.2. The Bertz CT molecular complexity index is 364. The first kappa shape index (κ1) is 7.88. The van der Waals surface area contributed by atoms with Gasteiger partial charge in [0.05, 0.1) is 5.69 Å². The molecule has 0 amide bonds. The maximum atomic E-state index is 5.39. The molecule has 2 rings (SSSR count). The van der Waals surface area contributed by atoms with Gasteiger partial charge in [0.1, 0.15) is 0 Å². The third-order valence-electron chi connectivity index (χ3n) is 1.65. The molecule has 0 bridgehead atoms. The summed E-state index contributed by atoms with van der Waals surface area (Å²) in [7, 11) is 0. The topological polar surface area (TPSA) is 69.6 Å². The highest BCUT2D eigenvalue weighted by molar-refractivity contribution is 5.19. The molecule has 0 aliphatic carbocycles. The fourth-order valence-electron chi connectivity index (χ4n) is 0.988. The van der Waals surface area contributed by atoms with E-state index in [1.54, 1.807) is 10.9 Å². The third kappa shape index (κ3) is 1.54. The van der Waals surface area contributed by atoms with Crippen molar-refractivity contribution in [2.45, 2.75) is 6.54 Å². The first-order valence-corrected chi connectivity index (χ1v) is 3.93. The second kappa shape index (κ2) is 3.32. The van der Waals surface area contributed by atoms with Gasteiger partial charge in [-0.1, -0.05) is 0 Å². The highest BCUT2D eigenvalue weighted by Crippen LogP contribution is 2.00. The molecule has 2 heterocycles. The van der Waals surface area contributed by atoms with E-state index in [-0.39, 0.29) is 0 Å². The summed E-state index contributed by atoms with van der Waals surface area (Å²) in [5.74, 6) is 0.696. The van der Waals surface area contributed by atoms with Gasteiger partial charge in [-0.05, 0) is 18.2 Å². The Morgan fingerprint density at radius 1 is 1.31 bits per heavy atom. The molecule has 0 fully saturated rings. The van der Waals surface area contributed by atoms with Gasteiger partial charge in [-0.3, -0.25) is 0 Å². The van der Waals surface area contributed by atoms with Gasteiger partial charge in [-0.15, -0.1) is 5.10 Å². The fraction of sp³-hybridized carbons (Fsp3) is 0.125. The Balaban J connectivity index is 2.33. The number of nitrogens with zero attached hydrogens (tertiary/aromatic N) is 4. The first-order valence-electron chi connectivity index (χ1n) is 3.93. The maximum absolute atomic E-state index is 5.39. The highest BCUT2D eigenvalue weighted by atomic mass is 15.3. The summed E-state index contributed by atoms with van der Waals surface area (Å²) in [6.45, 7) is 0.409. The molecule has 0 radical (unpaired) electrons. The van der Waals surface area contributed by atoms with Gasteiger partial charge < -0.3 is 5.73 Å². The van der Waals surface area contributed by atoms with E-state index in [9.17, 15) is 0 Å². The molecule has 0 aliphatic heterocycles. The summed E-state index contributed by atoms with van der Waals surface area (Å²) in [5.41, 5.74) is 6.17. The van der Waals surface area contributed by atoms with Gasteiger partial charge in [0, 0.05) is 18.9 Å². The molecule has 0 aliphatic rings. The Morgan fingerprint density at radius 2 is 2.23 bits per heavy atom. The molecule has 66 valence electrons. The van der Waals surface area contributed by atoms with Crippen molar-refractivity contribution in [3.8, 4) is 5.82 Å². The molecule has 2 aromatic rings. The van der Waals surface area contributed by atoms with E-state index < -0.39 is 0 Å². The lowest BCUT2D eigenvalue weighted by atomic mass is 10.4. The molecular weight excluding hydrogens is 166 g/mol. The molecular formula is C8H9N5. The zero-order chi connectivity index (χ0) is 9.10. The molecule has 0 atom stereocenters. The van der Waals surface area contributed by atoms with E-state index >= 15 is 0 Å². The van der Waals surface area contributed by atoms with Crippen LogP contribution in [0.15, 0.2) is 30.6 Å². The van der Waals surface area contributed by atoms with Gasteiger partial charge >= 0.3 is 0 Å². The number of nitrogens with two attached hydrogens (primary N) is 1. The Labute approximate surface area is 75.2 Å². The molecule has 2 aromatic heterocycles. The summed E-state index contributed by atoms with van der Waals surface area (Å²) in [6, 6.07) is 5.50. The molecule has 0 spiro atoms. The maximum Gasteiger partial charge on any atom is 0.175 e. The number of rotatable bonds is 2. The van der Waals surface area contributed by atoms with Gasteiger partial charge in [0.15, 0.2) is 5.82 Å². The molecule has 5 heteroatoms. The fourth-order valence-corrected chi connectivity index (χ4v) is 0.988. The van der Waals surface area contributed by atoms with Crippen LogP contribution in [0.25, 0.3) is 5.82 Å². The third-order valence-corrected chi connectivity index (χ3v) is 1.65. The summed E-state index contributed by atoms with van der Waals surface area (Å²) in [6.07, 6.45) is 3.50. The second-order valence-corrected chi connectivity index (χ2v) is 2.54. The molecule has 0 saturated carbocycles. The Hall–Kier alpha value is -1.75. The Morgan fingerprint density at radius 3 is 2.77 bits per heavy atom. The van der Waals surface area contributed by atoms with E-state index in [1.165, 1.54) is 0 Å². The lowest BCUT2D eigenvalue weighted by Gasteiger charge is -1.99. The average Bonchev–Trinajstić information content (AvgIpc) is 2.71. The summed E-state index contributed by atoms with van der Waals surface area (Å²) < 4.78 is 1.65. The smallest absolute Gasteiger partial charge is 0.175 e. The summed E-state index contributed by atoms with van der Waals surface area (Å²) in [5, 5.41) is 11.9. The van der Waals surface area contributed by atoms with Crippen LogP contribution < -0.4 is 5.73 Å². The van der Waals surface area contributed by atoms with E-state index in [1.807, 2.05) is 24.4 Å². The van der Waals surface area contributed by atoms with E-state index in [0.717, 1.165) is 5.69 Å². The van der Waals surface area contributed by atoms with Gasteiger partial charge in [-0.25, -0.2) is 4.68 Å². The average molecular weight is 175 g/mol. The Kier molecular flexibility index (Phi) is 2.01.